The van der Waals surface area contributed by atoms with Crippen LogP contribution in [0, 0.1) is 0 Å². The number of hydrogen-bond donors (Lipinski definition) is 1. The van der Waals surface area contributed by atoms with Gasteiger partial charge >= 0.3 is 5.97 Å². The molecule has 1 amide bonds. The molecule has 0 unspecified atom stereocenters. The Morgan fingerprint density at radius 3 is 2.63 bits per heavy atom. The number of rotatable bonds is 10. The van der Waals surface area contributed by atoms with E-state index in [0.29, 0.717) is 18.8 Å². The number of para-hydroxylation sites is 1. The van der Waals surface area contributed by atoms with Gasteiger partial charge < -0.3 is 14.8 Å². The van der Waals surface area contributed by atoms with Crippen LogP contribution in [-0.2, 0) is 27.4 Å². The molecule has 0 aliphatic rings. The topological polar surface area (TPSA) is 82.4 Å². The molecule has 0 saturated heterocycles. The Labute approximate surface area is 204 Å². The zero-order valence-electron chi connectivity index (χ0n) is 20.2. The molecule has 35 heavy (non-hydrogen) atoms. The van der Waals surface area contributed by atoms with E-state index in [0.717, 1.165) is 39.0 Å². The van der Waals surface area contributed by atoms with Crippen molar-refractivity contribution in [3.63, 3.8) is 0 Å². The maximum absolute atomic E-state index is 12.0. The average molecular weight is 472 g/mol. The summed E-state index contributed by atoms with van der Waals surface area (Å²) in [5.74, 6) is 0.352. The van der Waals surface area contributed by atoms with Gasteiger partial charge in [0.25, 0.3) is 0 Å². The molecule has 3 aromatic carbocycles. The third-order valence-corrected chi connectivity index (χ3v) is 5.67. The summed E-state index contributed by atoms with van der Waals surface area (Å²) in [6.45, 7) is 6.57. The van der Waals surface area contributed by atoms with E-state index >= 15 is 0 Å². The Morgan fingerprint density at radius 2 is 1.86 bits per heavy atom. The normalized spacial score (nSPS) is 11.0. The summed E-state index contributed by atoms with van der Waals surface area (Å²) in [6, 6.07) is 21.6. The summed E-state index contributed by atoms with van der Waals surface area (Å²) < 4.78 is 13.3. The number of carbonyl (C=O) groups is 2. The smallest absolute Gasteiger partial charge is 0.310 e. The molecule has 1 heterocycles. The van der Waals surface area contributed by atoms with Crippen molar-refractivity contribution in [3.05, 3.63) is 78.0 Å². The van der Waals surface area contributed by atoms with E-state index in [1.54, 1.807) is 6.92 Å². The highest BCUT2D eigenvalue weighted by atomic mass is 16.5. The number of esters is 1. The first-order chi connectivity index (χ1) is 17.0. The van der Waals surface area contributed by atoms with Crippen LogP contribution in [0.4, 0.5) is 5.69 Å². The van der Waals surface area contributed by atoms with Crippen molar-refractivity contribution in [3.8, 4) is 16.9 Å². The van der Waals surface area contributed by atoms with Gasteiger partial charge in [-0.15, -0.1) is 0 Å². The van der Waals surface area contributed by atoms with Crippen molar-refractivity contribution in [1.82, 2.24) is 9.78 Å². The molecular formula is C28H29N3O4. The van der Waals surface area contributed by atoms with Gasteiger partial charge in [-0.2, -0.15) is 5.10 Å². The molecule has 0 atom stereocenters. The van der Waals surface area contributed by atoms with Gasteiger partial charge in [0.05, 0.1) is 18.5 Å². The molecule has 4 rings (SSSR count). The van der Waals surface area contributed by atoms with Crippen LogP contribution in [0.3, 0.4) is 0 Å². The molecule has 0 bridgehead atoms. The monoisotopic (exact) mass is 471 g/mol. The van der Waals surface area contributed by atoms with Gasteiger partial charge in [-0.1, -0.05) is 36.4 Å². The highest BCUT2D eigenvalue weighted by Crippen LogP contribution is 2.30. The van der Waals surface area contributed by atoms with E-state index < -0.39 is 0 Å². The molecule has 0 fully saturated rings. The number of nitrogens with one attached hydrogen (secondary N) is 1. The Bertz CT molecular complexity index is 1340. The summed E-state index contributed by atoms with van der Waals surface area (Å²) in [5.41, 5.74) is 5.34. The average Bonchev–Trinajstić information content (AvgIpc) is 3.22. The first-order valence-electron chi connectivity index (χ1n) is 11.7. The fourth-order valence-corrected chi connectivity index (χ4v) is 4.05. The molecule has 0 saturated carbocycles. The lowest BCUT2D eigenvalue weighted by atomic mass is 10.0. The lowest BCUT2D eigenvalue weighted by Crippen LogP contribution is -2.09. The second-order valence-corrected chi connectivity index (χ2v) is 8.44. The van der Waals surface area contributed by atoms with E-state index in [9.17, 15) is 9.59 Å². The number of fused-ring (bicyclic) bond motifs is 1. The first-order valence-corrected chi connectivity index (χ1v) is 11.7. The third-order valence-electron chi connectivity index (χ3n) is 5.67. The largest absolute Gasteiger partial charge is 0.487 e. The standard InChI is InChI=1S/C28H29N3O4/c1-4-34-28(33)16-22-8-5-6-11-27(22)35-17-25-24-15-21(12-13-26(24)31(30-25)19(2)3)20-9-7-10-23(14-20)29-18-32/h5-15,18-19H,4,16-17H2,1-3H3,(H,29,32). The summed E-state index contributed by atoms with van der Waals surface area (Å²) in [5, 5.41) is 8.54. The second kappa shape index (κ2) is 10.9. The number of carbonyl (C=O) groups excluding carboxylic acids is 2. The fraction of sp³-hybridized carbons (Fsp3) is 0.250. The Hall–Kier alpha value is -4.13. The van der Waals surface area contributed by atoms with Crippen LogP contribution in [0.1, 0.15) is 38.1 Å². The lowest BCUT2D eigenvalue weighted by Gasteiger charge is -2.10. The van der Waals surface area contributed by atoms with Gasteiger partial charge in [0.2, 0.25) is 6.41 Å². The zero-order valence-corrected chi connectivity index (χ0v) is 20.2. The number of nitrogens with zero attached hydrogens (tertiary/aromatic N) is 2. The molecule has 1 aromatic heterocycles. The summed E-state index contributed by atoms with van der Waals surface area (Å²) in [6.07, 6.45) is 0.824. The summed E-state index contributed by atoms with van der Waals surface area (Å²) in [4.78, 5) is 22.9. The van der Waals surface area contributed by atoms with E-state index in [2.05, 4.69) is 37.4 Å². The minimum atomic E-state index is -0.283. The van der Waals surface area contributed by atoms with Crippen LogP contribution in [0.5, 0.6) is 5.75 Å². The van der Waals surface area contributed by atoms with Crippen LogP contribution in [0.25, 0.3) is 22.0 Å². The van der Waals surface area contributed by atoms with Gasteiger partial charge in [-0.3, -0.25) is 14.3 Å². The quantitative estimate of drug-likeness (QED) is 0.243. The number of aromatic nitrogens is 2. The summed E-state index contributed by atoms with van der Waals surface area (Å²) in [7, 11) is 0. The maximum atomic E-state index is 12.0. The predicted octanol–water partition coefficient (Wildman–Crippen LogP) is 5.54. The summed E-state index contributed by atoms with van der Waals surface area (Å²) >= 11 is 0. The SMILES string of the molecule is CCOC(=O)Cc1ccccc1OCc1nn(C(C)C)c2ccc(-c3cccc(NC=O)c3)cc12. The van der Waals surface area contributed by atoms with Crippen molar-refractivity contribution in [2.45, 2.75) is 39.8 Å². The molecule has 0 radical (unpaired) electrons. The Balaban J connectivity index is 1.66. The van der Waals surface area contributed by atoms with Crippen molar-refractivity contribution in [2.75, 3.05) is 11.9 Å². The maximum Gasteiger partial charge on any atom is 0.310 e. The van der Waals surface area contributed by atoms with Crippen molar-refractivity contribution < 1.29 is 19.1 Å². The van der Waals surface area contributed by atoms with Crippen LogP contribution in [0.15, 0.2) is 66.7 Å². The molecule has 0 aliphatic carbocycles. The van der Waals surface area contributed by atoms with Crippen LogP contribution in [-0.4, -0.2) is 28.8 Å². The highest BCUT2D eigenvalue weighted by Gasteiger charge is 2.16. The minimum absolute atomic E-state index is 0.153. The van der Waals surface area contributed by atoms with Gasteiger partial charge in [0, 0.05) is 22.7 Å². The van der Waals surface area contributed by atoms with Crippen molar-refractivity contribution in [2.24, 2.45) is 0 Å². The zero-order chi connectivity index (χ0) is 24.8. The van der Waals surface area contributed by atoms with E-state index in [1.165, 1.54) is 0 Å². The molecule has 180 valence electrons. The molecule has 0 aliphatic heterocycles. The number of benzene rings is 3. The molecule has 7 nitrogen and oxygen atoms in total. The predicted molar refractivity (Wildman–Crippen MR) is 136 cm³/mol. The van der Waals surface area contributed by atoms with E-state index in [4.69, 9.17) is 14.6 Å². The fourth-order valence-electron chi connectivity index (χ4n) is 4.05. The van der Waals surface area contributed by atoms with Gasteiger partial charge in [-0.05, 0) is 62.2 Å². The van der Waals surface area contributed by atoms with Crippen molar-refractivity contribution in [1.29, 1.82) is 0 Å². The lowest BCUT2D eigenvalue weighted by molar-refractivity contribution is -0.142. The van der Waals surface area contributed by atoms with Crippen LogP contribution in [0.2, 0.25) is 0 Å². The number of anilines is 1. The van der Waals surface area contributed by atoms with Crippen LogP contribution < -0.4 is 10.1 Å². The van der Waals surface area contributed by atoms with Gasteiger partial charge in [0.15, 0.2) is 0 Å². The highest BCUT2D eigenvalue weighted by molar-refractivity contribution is 5.88. The van der Waals surface area contributed by atoms with E-state index in [-0.39, 0.29) is 25.0 Å². The molecular weight excluding hydrogens is 442 g/mol. The Morgan fingerprint density at radius 1 is 1.06 bits per heavy atom. The second-order valence-electron chi connectivity index (χ2n) is 8.44. The number of hydrogen-bond acceptors (Lipinski definition) is 5. The van der Waals surface area contributed by atoms with Gasteiger partial charge in [0.1, 0.15) is 18.1 Å². The minimum Gasteiger partial charge on any atom is -0.487 e. The van der Waals surface area contributed by atoms with Crippen LogP contribution >= 0.6 is 0 Å². The first kappa shape index (κ1) is 24.0. The van der Waals surface area contributed by atoms with Crippen molar-refractivity contribution >= 4 is 29.0 Å². The molecule has 4 aromatic rings. The third kappa shape index (κ3) is 5.51. The Kier molecular flexibility index (Phi) is 7.45. The molecule has 0 spiro atoms. The molecule has 7 heteroatoms. The van der Waals surface area contributed by atoms with Gasteiger partial charge in [-0.25, -0.2) is 0 Å². The number of ether oxygens (including phenoxy) is 2. The molecule has 1 N–H and O–H groups in total. The number of amides is 1. The van der Waals surface area contributed by atoms with E-state index in [1.807, 2.05) is 53.2 Å².